The van der Waals surface area contributed by atoms with Gasteiger partial charge >= 0.3 is 0 Å². The molecular weight excluding hydrogens is 160 g/mol. The molecular formula is C11H14N2. The fourth-order valence-corrected chi connectivity index (χ4v) is 1.79. The number of H-pyrrole nitrogens is 1. The highest BCUT2D eigenvalue weighted by atomic mass is 14.7. The number of aromatic nitrogens is 1. The van der Waals surface area contributed by atoms with Crippen molar-refractivity contribution >= 4 is 16.6 Å². The number of fused-ring (bicyclic) bond motifs is 1. The second kappa shape index (κ2) is 2.80. The third kappa shape index (κ3) is 1.18. The summed E-state index contributed by atoms with van der Waals surface area (Å²) in [5, 5.41) is 1.26. The first-order valence-corrected chi connectivity index (χ1v) is 4.58. The molecule has 68 valence electrons. The van der Waals surface area contributed by atoms with Crippen molar-refractivity contribution in [2.45, 2.75) is 20.3 Å². The zero-order valence-corrected chi connectivity index (χ0v) is 8.02. The topological polar surface area (TPSA) is 41.8 Å². The fraction of sp³-hybridized carbons (Fsp3) is 0.273. The summed E-state index contributed by atoms with van der Waals surface area (Å²) < 4.78 is 0. The van der Waals surface area contributed by atoms with Crippen LogP contribution in [-0.4, -0.2) is 4.98 Å². The van der Waals surface area contributed by atoms with Crippen molar-refractivity contribution in [3.05, 3.63) is 29.5 Å². The van der Waals surface area contributed by atoms with E-state index in [-0.39, 0.29) is 0 Å². The molecule has 0 radical (unpaired) electrons. The smallest absolute Gasteiger partial charge is 0.0488 e. The molecule has 1 heterocycles. The lowest BCUT2D eigenvalue weighted by molar-refractivity contribution is 1.15. The third-order valence-corrected chi connectivity index (χ3v) is 2.48. The highest BCUT2D eigenvalue weighted by Gasteiger charge is 2.04. The standard InChI is InChI=1S/C11H14N2/c1-3-8-6-13-11-7(2)4-9(12)5-10(8)11/h4-6,13H,3,12H2,1-2H3. The van der Waals surface area contributed by atoms with Gasteiger partial charge in [0.15, 0.2) is 0 Å². The van der Waals surface area contributed by atoms with Crippen molar-refractivity contribution in [2.75, 3.05) is 5.73 Å². The number of benzene rings is 1. The van der Waals surface area contributed by atoms with Crippen LogP contribution in [0.5, 0.6) is 0 Å². The van der Waals surface area contributed by atoms with Crippen molar-refractivity contribution in [3.63, 3.8) is 0 Å². The molecule has 13 heavy (non-hydrogen) atoms. The Labute approximate surface area is 77.8 Å². The molecule has 1 aromatic carbocycles. The Kier molecular flexibility index (Phi) is 1.76. The minimum Gasteiger partial charge on any atom is -0.399 e. The van der Waals surface area contributed by atoms with E-state index < -0.39 is 0 Å². The molecule has 1 aromatic heterocycles. The second-order valence-electron chi connectivity index (χ2n) is 3.43. The zero-order chi connectivity index (χ0) is 9.42. The number of hydrogen-bond donors (Lipinski definition) is 2. The summed E-state index contributed by atoms with van der Waals surface area (Å²) in [5.41, 5.74) is 10.4. The van der Waals surface area contributed by atoms with Crippen LogP contribution in [0, 0.1) is 6.92 Å². The van der Waals surface area contributed by atoms with Gasteiger partial charge in [-0.15, -0.1) is 0 Å². The van der Waals surface area contributed by atoms with Gasteiger partial charge in [0, 0.05) is 22.8 Å². The first-order valence-electron chi connectivity index (χ1n) is 4.58. The molecule has 2 aromatic rings. The molecule has 0 unspecified atom stereocenters. The molecule has 0 amide bonds. The molecule has 0 saturated carbocycles. The van der Waals surface area contributed by atoms with Crippen molar-refractivity contribution in [2.24, 2.45) is 0 Å². The van der Waals surface area contributed by atoms with Gasteiger partial charge in [-0.05, 0) is 36.6 Å². The predicted molar refractivity (Wildman–Crippen MR) is 56.8 cm³/mol. The Hall–Kier alpha value is -1.44. The molecule has 0 fully saturated rings. The van der Waals surface area contributed by atoms with Gasteiger partial charge in [-0.1, -0.05) is 6.92 Å². The van der Waals surface area contributed by atoms with E-state index >= 15 is 0 Å². The van der Waals surface area contributed by atoms with Crippen LogP contribution < -0.4 is 5.73 Å². The summed E-state index contributed by atoms with van der Waals surface area (Å²) in [6.07, 6.45) is 3.11. The van der Waals surface area contributed by atoms with Crippen LogP contribution in [0.3, 0.4) is 0 Å². The van der Waals surface area contributed by atoms with Gasteiger partial charge < -0.3 is 10.7 Å². The van der Waals surface area contributed by atoms with E-state index in [9.17, 15) is 0 Å². The van der Waals surface area contributed by atoms with E-state index in [1.807, 2.05) is 12.1 Å². The lowest BCUT2D eigenvalue weighted by Crippen LogP contribution is -1.87. The average Bonchev–Trinajstić information content (AvgIpc) is 2.47. The van der Waals surface area contributed by atoms with Crippen LogP contribution in [0.1, 0.15) is 18.1 Å². The number of rotatable bonds is 1. The average molecular weight is 174 g/mol. The van der Waals surface area contributed by atoms with Crippen LogP contribution in [0.4, 0.5) is 5.69 Å². The number of hydrogen-bond acceptors (Lipinski definition) is 1. The van der Waals surface area contributed by atoms with Crippen LogP contribution in [0.25, 0.3) is 10.9 Å². The van der Waals surface area contributed by atoms with E-state index in [0.717, 1.165) is 12.1 Å². The Balaban J connectivity index is 2.82. The number of nitrogens with two attached hydrogens (primary N) is 1. The SMILES string of the molecule is CCc1c[nH]c2c(C)cc(N)cc12. The normalized spacial score (nSPS) is 10.9. The second-order valence-corrected chi connectivity index (χ2v) is 3.43. The number of nitrogens with one attached hydrogen (secondary N) is 1. The minimum atomic E-state index is 0.847. The van der Waals surface area contributed by atoms with E-state index in [1.165, 1.54) is 22.0 Å². The van der Waals surface area contributed by atoms with Crippen LogP contribution in [0.2, 0.25) is 0 Å². The molecule has 0 aliphatic rings. The van der Waals surface area contributed by atoms with Gasteiger partial charge in [0.2, 0.25) is 0 Å². The van der Waals surface area contributed by atoms with Gasteiger partial charge in [0.1, 0.15) is 0 Å². The summed E-state index contributed by atoms with van der Waals surface area (Å²) >= 11 is 0. The van der Waals surface area contributed by atoms with Crippen LogP contribution in [0.15, 0.2) is 18.3 Å². The quantitative estimate of drug-likeness (QED) is 0.641. The van der Waals surface area contributed by atoms with E-state index in [1.54, 1.807) is 0 Å². The van der Waals surface area contributed by atoms with Gasteiger partial charge in [0.25, 0.3) is 0 Å². The molecule has 0 aliphatic heterocycles. The maximum absolute atomic E-state index is 5.79. The monoisotopic (exact) mass is 174 g/mol. The van der Waals surface area contributed by atoms with Crippen LogP contribution in [-0.2, 0) is 6.42 Å². The first-order chi connectivity index (χ1) is 6.22. The summed E-state index contributed by atoms with van der Waals surface area (Å²) in [7, 11) is 0. The fourth-order valence-electron chi connectivity index (χ4n) is 1.79. The molecule has 2 heteroatoms. The lowest BCUT2D eigenvalue weighted by Gasteiger charge is -2.00. The lowest BCUT2D eigenvalue weighted by atomic mass is 10.1. The summed E-state index contributed by atoms with van der Waals surface area (Å²) in [4.78, 5) is 3.28. The third-order valence-electron chi connectivity index (χ3n) is 2.48. The largest absolute Gasteiger partial charge is 0.399 e. The summed E-state index contributed by atoms with van der Waals surface area (Å²) in [5.74, 6) is 0. The van der Waals surface area contributed by atoms with Gasteiger partial charge in [-0.3, -0.25) is 0 Å². The maximum atomic E-state index is 5.79. The number of aryl methyl sites for hydroxylation is 2. The Morgan fingerprint density at radius 3 is 2.85 bits per heavy atom. The van der Waals surface area contributed by atoms with Crippen molar-refractivity contribution < 1.29 is 0 Å². The van der Waals surface area contributed by atoms with Crippen molar-refractivity contribution in [1.82, 2.24) is 4.98 Å². The van der Waals surface area contributed by atoms with E-state index in [0.29, 0.717) is 0 Å². The van der Waals surface area contributed by atoms with Gasteiger partial charge in [0.05, 0.1) is 0 Å². The predicted octanol–water partition coefficient (Wildman–Crippen LogP) is 2.62. The molecule has 0 atom stereocenters. The molecule has 3 N–H and O–H groups in total. The van der Waals surface area contributed by atoms with Crippen molar-refractivity contribution in [1.29, 1.82) is 0 Å². The number of aromatic amines is 1. The summed E-state index contributed by atoms with van der Waals surface area (Å²) in [6, 6.07) is 4.04. The van der Waals surface area contributed by atoms with Crippen LogP contribution >= 0.6 is 0 Å². The Morgan fingerprint density at radius 1 is 1.38 bits per heavy atom. The molecule has 0 bridgehead atoms. The van der Waals surface area contributed by atoms with Gasteiger partial charge in [-0.2, -0.15) is 0 Å². The van der Waals surface area contributed by atoms with E-state index in [4.69, 9.17) is 5.73 Å². The van der Waals surface area contributed by atoms with Crippen molar-refractivity contribution in [3.8, 4) is 0 Å². The number of anilines is 1. The molecule has 2 nitrogen and oxygen atoms in total. The van der Waals surface area contributed by atoms with Gasteiger partial charge in [-0.25, -0.2) is 0 Å². The zero-order valence-electron chi connectivity index (χ0n) is 8.02. The molecule has 2 rings (SSSR count). The summed E-state index contributed by atoms with van der Waals surface area (Å²) in [6.45, 7) is 4.23. The molecule has 0 aliphatic carbocycles. The maximum Gasteiger partial charge on any atom is 0.0488 e. The Bertz CT molecular complexity index is 441. The first kappa shape index (κ1) is 8.17. The highest BCUT2D eigenvalue weighted by molar-refractivity contribution is 5.88. The Morgan fingerprint density at radius 2 is 2.15 bits per heavy atom. The number of nitrogen functional groups attached to an aromatic ring is 1. The highest BCUT2D eigenvalue weighted by Crippen LogP contribution is 2.24. The molecule has 0 spiro atoms. The minimum absolute atomic E-state index is 0.847. The molecule has 0 saturated heterocycles. The van der Waals surface area contributed by atoms with E-state index in [2.05, 4.69) is 25.0 Å².